The summed E-state index contributed by atoms with van der Waals surface area (Å²) >= 11 is 0. The summed E-state index contributed by atoms with van der Waals surface area (Å²) in [5.41, 5.74) is 8.80. The molecule has 6 heteroatoms. The number of amides is 1. The summed E-state index contributed by atoms with van der Waals surface area (Å²) in [5, 5.41) is 13.8. The first-order valence-electron chi connectivity index (χ1n) is 7.06. The third-order valence-electron chi connectivity index (χ3n) is 3.30. The Balaban J connectivity index is 2.54. The summed E-state index contributed by atoms with van der Waals surface area (Å²) in [4.78, 5) is 12.8. The van der Waals surface area contributed by atoms with Gasteiger partial charge in [0.2, 0.25) is 0 Å². The number of aryl methyl sites for hydroxylation is 2. The van der Waals surface area contributed by atoms with E-state index in [4.69, 9.17) is 5.73 Å². The van der Waals surface area contributed by atoms with Gasteiger partial charge in [-0.1, -0.05) is 6.07 Å². The van der Waals surface area contributed by atoms with Crippen LogP contribution in [-0.4, -0.2) is 26.5 Å². The van der Waals surface area contributed by atoms with E-state index in [1.807, 2.05) is 46.8 Å². The Morgan fingerprint density at radius 2 is 1.77 bits per heavy atom. The molecule has 2 aromatic rings. The van der Waals surface area contributed by atoms with Crippen LogP contribution in [0.3, 0.4) is 0 Å². The van der Waals surface area contributed by atoms with Crippen LogP contribution in [0.25, 0.3) is 5.69 Å². The lowest BCUT2D eigenvalue weighted by Crippen LogP contribution is -2.45. The van der Waals surface area contributed by atoms with Gasteiger partial charge < -0.3 is 10.8 Å². The van der Waals surface area contributed by atoms with Gasteiger partial charge in [0.15, 0.2) is 5.82 Å². The molecule has 1 heterocycles. The quantitative estimate of drug-likeness (QED) is 0.891. The van der Waals surface area contributed by atoms with Gasteiger partial charge in [0.1, 0.15) is 5.69 Å². The molecule has 118 valence electrons. The maximum absolute atomic E-state index is 11.6. The molecule has 22 heavy (non-hydrogen) atoms. The minimum atomic E-state index is -1.06. The number of nitrogens with zero attached hydrogens (tertiary/aromatic N) is 3. The first kappa shape index (κ1) is 15.9. The van der Waals surface area contributed by atoms with Gasteiger partial charge in [-0.3, -0.25) is 4.90 Å². The lowest BCUT2D eigenvalue weighted by molar-refractivity contribution is 0.195. The maximum Gasteiger partial charge on any atom is 0.412 e. The molecule has 3 N–H and O–H groups in total. The number of benzene rings is 1. The average Bonchev–Trinajstić information content (AvgIpc) is 2.68. The molecule has 0 spiro atoms. The molecule has 6 nitrogen and oxygen atoms in total. The Morgan fingerprint density at radius 1 is 1.23 bits per heavy atom. The fraction of sp³-hybridized carbons (Fsp3) is 0.375. The molecular weight excluding hydrogens is 280 g/mol. The normalized spacial score (nSPS) is 11.5. The van der Waals surface area contributed by atoms with E-state index in [0.717, 1.165) is 16.8 Å². The van der Waals surface area contributed by atoms with Gasteiger partial charge in [-0.15, -0.1) is 5.10 Å². The van der Waals surface area contributed by atoms with E-state index in [0.29, 0.717) is 5.69 Å². The molecule has 0 bridgehead atoms. The fourth-order valence-electron chi connectivity index (χ4n) is 2.52. The molecule has 0 saturated heterocycles. The fourth-order valence-corrected chi connectivity index (χ4v) is 2.52. The zero-order valence-corrected chi connectivity index (χ0v) is 13.6. The van der Waals surface area contributed by atoms with Crippen molar-refractivity contribution in [2.24, 2.45) is 0 Å². The Hall–Kier alpha value is -2.50. The predicted octanol–water partition coefficient (Wildman–Crippen LogP) is 3.35. The number of nitrogen functional groups attached to an aromatic ring is 1. The second-order valence-electron chi connectivity index (χ2n) is 6.48. The Morgan fingerprint density at radius 3 is 2.23 bits per heavy atom. The standard InChI is InChI=1S/C16H22N4O2/c1-10-6-11(2)8-12(7-10)19-9-13(14(17)18-19)20(15(21)22)16(3,4)5/h6-9H,1-5H3,(H2,17,18)(H,21,22). The van der Waals surface area contributed by atoms with Crippen LogP contribution in [0.4, 0.5) is 16.3 Å². The van der Waals surface area contributed by atoms with Crippen molar-refractivity contribution < 1.29 is 9.90 Å². The monoisotopic (exact) mass is 302 g/mol. The second kappa shape index (κ2) is 5.36. The minimum absolute atomic E-state index is 0.191. The molecule has 1 aromatic carbocycles. The summed E-state index contributed by atoms with van der Waals surface area (Å²) in [5.74, 6) is 0.191. The highest BCUT2D eigenvalue weighted by Gasteiger charge is 2.31. The maximum atomic E-state index is 11.6. The Bertz CT molecular complexity index is 693. The lowest BCUT2D eigenvalue weighted by atomic mass is 10.1. The largest absolute Gasteiger partial charge is 0.465 e. The van der Waals surface area contributed by atoms with Crippen molar-refractivity contribution in [3.05, 3.63) is 35.5 Å². The van der Waals surface area contributed by atoms with E-state index in [1.54, 1.807) is 10.9 Å². The summed E-state index contributed by atoms with van der Waals surface area (Å²) in [6.07, 6.45) is 0.599. The number of nitrogens with two attached hydrogens (primary N) is 1. The highest BCUT2D eigenvalue weighted by Crippen LogP contribution is 2.30. The number of hydrogen-bond donors (Lipinski definition) is 2. The number of aromatic nitrogens is 2. The number of carboxylic acid groups (broad SMARTS) is 1. The Labute approximate surface area is 130 Å². The van der Waals surface area contributed by atoms with E-state index >= 15 is 0 Å². The van der Waals surface area contributed by atoms with Gasteiger partial charge in [0, 0.05) is 5.54 Å². The van der Waals surface area contributed by atoms with E-state index in [2.05, 4.69) is 11.2 Å². The van der Waals surface area contributed by atoms with Crippen LogP contribution in [0, 0.1) is 13.8 Å². The van der Waals surface area contributed by atoms with Crippen LogP contribution in [0.5, 0.6) is 0 Å². The number of hydrogen-bond acceptors (Lipinski definition) is 3. The average molecular weight is 302 g/mol. The van der Waals surface area contributed by atoms with Crippen molar-refractivity contribution in [3.8, 4) is 5.69 Å². The van der Waals surface area contributed by atoms with Gasteiger partial charge in [0.05, 0.1) is 11.9 Å². The highest BCUT2D eigenvalue weighted by molar-refractivity contribution is 5.90. The van der Waals surface area contributed by atoms with Gasteiger partial charge in [0.25, 0.3) is 0 Å². The molecule has 0 saturated carbocycles. The van der Waals surface area contributed by atoms with Crippen LogP contribution < -0.4 is 10.6 Å². The summed E-state index contributed by atoms with van der Waals surface area (Å²) in [6.45, 7) is 9.45. The first-order valence-corrected chi connectivity index (χ1v) is 7.06. The summed E-state index contributed by atoms with van der Waals surface area (Å²) in [6, 6.07) is 6.02. The molecule has 1 amide bonds. The first-order chi connectivity index (χ1) is 10.1. The molecular formula is C16H22N4O2. The molecule has 1 aromatic heterocycles. The van der Waals surface area contributed by atoms with Gasteiger partial charge in [-0.25, -0.2) is 9.48 Å². The van der Waals surface area contributed by atoms with Crippen molar-refractivity contribution in [3.63, 3.8) is 0 Å². The van der Waals surface area contributed by atoms with Crippen molar-refractivity contribution >= 4 is 17.6 Å². The predicted molar refractivity (Wildman–Crippen MR) is 87.7 cm³/mol. The van der Waals surface area contributed by atoms with Crippen LogP contribution in [0.2, 0.25) is 0 Å². The number of anilines is 2. The zero-order chi connectivity index (χ0) is 16.7. The highest BCUT2D eigenvalue weighted by atomic mass is 16.4. The van der Waals surface area contributed by atoms with E-state index in [1.165, 1.54) is 4.90 Å². The molecule has 0 aliphatic rings. The van der Waals surface area contributed by atoms with E-state index in [9.17, 15) is 9.90 Å². The van der Waals surface area contributed by atoms with Crippen molar-refractivity contribution in [2.75, 3.05) is 10.6 Å². The molecule has 0 fully saturated rings. The van der Waals surface area contributed by atoms with Crippen molar-refractivity contribution in [1.82, 2.24) is 9.78 Å². The molecule has 0 aliphatic heterocycles. The van der Waals surface area contributed by atoms with Crippen LogP contribution in [0.15, 0.2) is 24.4 Å². The van der Waals surface area contributed by atoms with Crippen molar-refractivity contribution in [2.45, 2.75) is 40.2 Å². The Kier molecular flexibility index (Phi) is 3.87. The zero-order valence-electron chi connectivity index (χ0n) is 13.6. The van der Waals surface area contributed by atoms with Crippen LogP contribution >= 0.6 is 0 Å². The van der Waals surface area contributed by atoms with Gasteiger partial charge >= 0.3 is 6.09 Å². The number of carbonyl (C=O) groups is 1. The topological polar surface area (TPSA) is 84.4 Å². The van der Waals surface area contributed by atoms with Crippen molar-refractivity contribution in [1.29, 1.82) is 0 Å². The van der Waals surface area contributed by atoms with Crippen LogP contribution in [0.1, 0.15) is 31.9 Å². The molecule has 0 aliphatic carbocycles. The third-order valence-corrected chi connectivity index (χ3v) is 3.30. The van der Waals surface area contributed by atoms with E-state index in [-0.39, 0.29) is 5.82 Å². The van der Waals surface area contributed by atoms with E-state index < -0.39 is 11.6 Å². The third kappa shape index (κ3) is 3.05. The van der Waals surface area contributed by atoms with Gasteiger partial charge in [-0.2, -0.15) is 0 Å². The molecule has 2 rings (SSSR count). The molecule has 0 unspecified atom stereocenters. The summed E-state index contributed by atoms with van der Waals surface area (Å²) in [7, 11) is 0. The lowest BCUT2D eigenvalue weighted by Gasteiger charge is -2.32. The van der Waals surface area contributed by atoms with Crippen LogP contribution in [-0.2, 0) is 0 Å². The second-order valence-corrected chi connectivity index (χ2v) is 6.48. The smallest absolute Gasteiger partial charge is 0.412 e. The van der Waals surface area contributed by atoms with Gasteiger partial charge in [-0.05, 0) is 57.9 Å². The SMILES string of the molecule is Cc1cc(C)cc(-n2cc(N(C(=O)O)C(C)(C)C)c(N)n2)c1. The summed E-state index contributed by atoms with van der Waals surface area (Å²) < 4.78 is 1.62. The molecule has 0 radical (unpaired) electrons. The molecule has 0 atom stereocenters. The minimum Gasteiger partial charge on any atom is -0.465 e. The number of rotatable bonds is 2.